The summed E-state index contributed by atoms with van der Waals surface area (Å²) in [5.74, 6) is -0.0961. The summed E-state index contributed by atoms with van der Waals surface area (Å²) < 4.78 is 5.47. The summed E-state index contributed by atoms with van der Waals surface area (Å²) in [7, 11) is 0. The monoisotopic (exact) mass is 848 g/mol. The zero-order valence-corrected chi connectivity index (χ0v) is 40.5. The van der Waals surface area contributed by atoms with E-state index in [1.165, 1.54) is 212 Å². The van der Waals surface area contributed by atoms with Crippen LogP contribution in [0.15, 0.2) is 12.2 Å². The Labute approximate surface area is 374 Å². The number of ether oxygens (including phenoxy) is 1. The molecule has 60 heavy (non-hydrogen) atoms. The molecule has 6 nitrogen and oxygen atoms in total. The average molecular weight is 848 g/mol. The maximum Gasteiger partial charge on any atom is 0.305 e. The van der Waals surface area contributed by atoms with Gasteiger partial charge in [0.1, 0.15) is 0 Å². The zero-order valence-electron chi connectivity index (χ0n) is 40.5. The van der Waals surface area contributed by atoms with E-state index in [0.717, 1.165) is 57.8 Å². The fourth-order valence-corrected chi connectivity index (χ4v) is 8.40. The highest BCUT2D eigenvalue weighted by molar-refractivity contribution is 5.76. The van der Waals surface area contributed by atoms with Crippen molar-refractivity contribution in [3.63, 3.8) is 0 Å². The van der Waals surface area contributed by atoms with Crippen molar-refractivity contribution in [2.75, 3.05) is 13.2 Å². The lowest BCUT2D eigenvalue weighted by Gasteiger charge is -2.20. The van der Waals surface area contributed by atoms with Crippen LogP contribution in [0.3, 0.4) is 0 Å². The minimum atomic E-state index is -0.855. The molecule has 2 atom stereocenters. The van der Waals surface area contributed by atoms with Crippen molar-refractivity contribution in [1.82, 2.24) is 5.32 Å². The average Bonchev–Trinajstić information content (AvgIpc) is 3.25. The topological polar surface area (TPSA) is 95.9 Å². The first-order valence-corrected chi connectivity index (χ1v) is 27.0. The Hall–Kier alpha value is -1.40. The number of rotatable bonds is 50. The Bertz CT molecular complexity index is 893. The van der Waals surface area contributed by atoms with Gasteiger partial charge in [0.2, 0.25) is 5.91 Å². The molecule has 0 rings (SSSR count). The van der Waals surface area contributed by atoms with Crippen LogP contribution in [-0.4, -0.2) is 47.4 Å². The zero-order chi connectivity index (χ0) is 43.7. The first kappa shape index (κ1) is 58.6. The minimum Gasteiger partial charge on any atom is -0.466 e. The van der Waals surface area contributed by atoms with Gasteiger partial charge in [-0.15, -0.1) is 0 Å². The second-order valence-electron chi connectivity index (χ2n) is 18.6. The lowest BCUT2D eigenvalue weighted by Crippen LogP contribution is -2.45. The van der Waals surface area contributed by atoms with Gasteiger partial charge >= 0.3 is 5.97 Å². The largest absolute Gasteiger partial charge is 0.466 e. The van der Waals surface area contributed by atoms with E-state index in [2.05, 4.69) is 19.2 Å². The molecule has 0 bridgehead atoms. The molecule has 0 aromatic carbocycles. The summed E-state index contributed by atoms with van der Waals surface area (Å²) in [4.78, 5) is 24.5. The Morgan fingerprint density at radius 2 is 0.767 bits per heavy atom. The van der Waals surface area contributed by atoms with Gasteiger partial charge in [-0.3, -0.25) is 9.59 Å². The smallest absolute Gasteiger partial charge is 0.305 e. The fraction of sp³-hybridized carbons (Fsp3) is 0.926. The molecule has 356 valence electrons. The van der Waals surface area contributed by atoms with Gasteiger partial charge in [-0.1, -0.05) is 264 Å². The molecule has 0 saturated heterocycles. The summed E-state index contributed by atoms with van der Waals surface area (Å²) in [6.45, 7) is 4.87. The number of hydrogen-bond donors (Lipinski definition) is 3. The quantitative estimate of drug-likeness (QED) is 0.0322. The molecule has 0 aliphatic carbocycles. The number of unbranched alkanes of at least 4 members (excludes halogenated alkanes) is 39. The van der Waals surface area contributed by atoms with E-state index in [9.17, 15) is 19.8 Å². The number of aliphatic hydroxyl groups is 2. The number of hydrogen-bond acceptors (Lipinski definition) is 5. The van der Waals surface area contributed by atoms with Crippen molar-refractivity contribution >= 4 is 11.9 Å². The highest BCUT2D eigenvalue weighted by Gasteiger charge is 2.18. The SMILES string of the molecule is CCCCCCCCCCCCCC/C=C/C(O)C(CO)NC(=O)CCCCCCCCCCCCCOC(=O)CCCCCCCCCCCCCCCCCCCC. The fourth-order valence-electron chi connectivity index (χ4n) is 8.40. The van der Waals surface area contributed by atoms with Crippen molar-refractivity contribution in [2.24, 2.45) is 0 Å². The Balaban J connectivity index is 3.46. The number of aliphatic hydroxyl groups excluding tert-OH is 2. The molecule has 0 radical (unpaired) electrons. The molecule has 1 amide bonds. The molecule has 6 heteroatoms. The molecule has 0 saturated carbocycles. The predicted octanol–water partition coefficient (Wildman–Crippen LogP) is 16.1. The van der Waals surface area contributed by atoms with Crippen LogP contribution in [-0.2, 0) is 14.3 Å². The number of nitrogens with one attached hydrogen (secondary N) is 1. The van der Waals surface area contributed by atoms with E-state index in [0.29, 0.717) is 19.4 Å². The number of allylic oxidation sites excluding steroid dienone is 1. The van der Waals surface area contributed by atoms with Crippen LogP contribution in [0.4, 0.5) is 0 Å². The van der Waals surface area contributed by atoms with Crippen LogP contribution >= 0.6 is 0 Å². The highest BCUT2D eigenvalue weighted by Crippen LogP contribution is 2.17. The van der Waals surface area contributed by atoms with Crippen LogP contribution < -0.4 is 5.32 Å². The van der Waals surface area contributed by atoms with Gasteiger partial charge in [0.15, 0.2) is 0 Å². The van der Waals surface area contributed by atoms with Gasteiger partial charge in [-0.25, -0.2) is 0 Å². The van der Waals surface area contributed by atoms with Crippen LogP contribution in [0, 0.1) is 0 Å². The Morgan fingerprint density at radius 1 is 0.450 bits per heavy atom. The Kier molecular flexibility index (Phi) is 49.1. The number of amides is 1. The molecule has 0 aliphatic heterocycles. The number of esters is 1. The summed E-state index contributed by atoms with van der Waals surface area (Å²) in [6.07, 6.45) is 57.9. The minimum absolute atomic E-state index is 0.0109. The van der Waals surface area contributed by atoms with E-state index in [4.69, 9.17) is 4.74 Å². The maximum atomic E-state index is 12.4. The number of carbonyl (C=O) groups excluding carboxylic acids is 2. The van der Waals surface area contributed by atoms with Gasteiger partial charge in [-0.05, 0) is 32.1 Å². The third kappa shape index (κ3) is 46.1. The molecule has 0 spiro atoms. The third-order valence-corrected chi connectivity index (χ3v) is 12.6. The molecule has 0 aliphatic rings. The van der Waals surface area contributed by atoms with Gasteiger partial charge in [0.25, 0.3) is 0 Å². The normalized spacial score (nSPS) is 12.7. The summed E-state index contributed by atoms with van der Waals surface area (Å²) in [6, 6.07) is -0.640. The highest BCUT2D eigenvalue weighted by atomic mass is 16.5. The first-order chi connectivity index (χ1) is 29.5. The molecule has 2 unspecified atom stereocenters. The lowest BCUT2D eigenvalue weighted by atomic mass is 10.0. The maximum absolute atomic E-state index is 12.4. The summed E-state index contributed by atoms with van der Waals surface area (Å²) in [5, 5.41) is 23.0. The van der Waals surface area contributed by atoms with Crippen molar-refractivity contribution in [3.8, 4) is 0 Å². The van der Waals surface area contributed by atoms with E-state index in [1.807, 2.05) is 6.08 Å². The van der Waals surface area contributed by atoms with Crippen LogP contribution in [0.1, 0.15) is 296 Å². The third-order valence-electron chi connectivity index (χ3n) is 12.6. The second-order valence-corrected chi connectivity index (χ2v) is 18.6. The van der Waals surface area contributed by atoms with E-state index in [1.54, 1.807) is 6.08 Å². The van der Waals surface area contributed by atoms with E-state index >= 15 is 0 Å². The molecule has 0 heterocycles. The van der Waals surface area contributed by atoms with E-state index in [-0.39, 0.29) is 18.5 Å². The molecule has 0 fully saturated rings. The van der Waals surface area contributed by atoms with E-state index < -0.39 is 12.1 Å². The molecule has 3 N–H and O–H groups in total. The first-order valence-electron chi connectivity index (χ1n) is 27.0. The predicted molar refractivity (Wildman–Crippen MR) is 260 cm³/mol. The Morgan fingerprint density at radius 3 is 1.13 bits per heavy atom. The molecular weight excluding hydrogens is 743 g/mol. The van der Waals surface area contributed by atoms with Crippen LogP contribution in [0.5, 0.6) is 0 Å². The van der Waals surface area contributed by atoms with Gasteiger partial charge in [0.05, 0.1) is 25.4 Å². The van der Waals surface area contributed by atoms with Crippen molar-refractivity contribution in [3.05, 3.63) is 12.2 Å². The summed E-state index contributed by atoms with van der Waals surface area (Å²) >= 11 is 0. The summed E-state index contributed by atoms with van der Waals surface area (Å²) in [5.41, 5.74) is 0. The van der Waals surface area contributed by atoms with Gasteiger partial charge < -0.3 is 20.3 Å². The molecule has 0 aromatic rings. The standard InChI is InChI=1S/C54H105NO5/c1-3-5-7-9-11-13-15-17-19-20-21-22-24-28-32-36-40-44-48-54(59)60-49-45-41-37-33-29-25-27-31-35-39-43-47-53(58)55-51(50-56)52(57)46-42-38-34-30-26-23-18-16-14-12-10-8-6-4-2/h42,46,51-52,56-57H,3-41,43-45,47-50H2,1-2H3,(H,55,58)/b46-42+. The van der Waals surface area contributed by atoms with Gasteiger partial charge in [0, 0.05) is 12.8 Å². The van der Waals surface area contributed by atoms with Crippen molar-refractivity contribution in [1.29, 1.82) is 0 Å². The van der Waals surface area contributed by atoms with Crippen molar-refractivity contribution in [2.45, 2.75) is 309 Å². The molecule has 0 aromatic heterocycles. The number of carbonyl (C=O) groups is 2. The lowest BCUT2D eigenvalue weighted by molar-refractivity contribution is -0.143. The van der Waals surface area contributed by atoms with Crippen molar-refractivity contribution < 1.29 is 24.5 Å². The van der Waals surface area contributed by atoms with Crippen LogP contribution in [0.2, 0.25) is 0 Å². The van der Waals surface area contributed by atoms with Crippen LogP contribution in [0.25, 0.3) is 0 Å². The van der Waals surface area contributed by atoms with Gasteiger partial charge in [-0.2, -0.15) is 0 Å². The second kappa shape index (κ2) is 50.2. The molecular formula is C54H105NO5.